The van der Waals surface area contributed by atoms with Crippen LogP contribution in [0, 0.1) is 0 Å². The van der Waals surface area contributed by atoms with Crippen molar-refractivity contribution in [3.63, 3.8) is 0 Å². The van der Waals surface area contributed by atoms with Crippen molar-refractivity contribution in [2.75, 3.05) is 7.11 Å². The maximum Gasteiger partial charge on any atom is 0.294 e. The lowest BCUT2D eigenvalue weighted by molar-refractivity contribution is 0.301. The van der Waals surface area contributed by atoms with Gasteiger partial charge in [0.1, 0.15) is 17.4 Å². The maximum atomic E-state index is 5.66. The second-order valence-electron chi connectivity index (χ2n) is 4.76. The fourth-order valence-electron chi connectivity index (χ4n) is 1.79. The zero-order valence-electron chi connectivity index (χ0n) is 11.3. The summed E-state index contributed by atoms with van der Waals surface area (Å²) in [5, 5.41) is 13.2. The molecule has 3 rings (SSSR count). The molecule has 2 aromatic rings. The van der Waals surface area contributed by atoms with E-state index in [4.69, 9.17) is 9.47 Å². The van der Waals surface area contributed by atoms with E-state index in [1.165, 1.54) is 24.2 Å². The Balaban J connectivity index is 1.51. The Bertz CT molecular complexity index is 569. The van der Waals surface area contributed by atoms with Crippen LogP contribution < -0.4 is 14.8 Å². The first-order valence-electron chi connectivity index (χ1n) is 6.65. The molecule has 1 saturated carbocycles. The summed E-state index contributed by atoms with van der Waals surface area (Å²) < 4.78 is 10.8. The molecular formula is C14H17N3O2S. The highest BCUT2D eigenvalue weighted by Crippen LogP contribution is 2.23. The largest absolute Gasteiger partial charge is 0.497 e. The van der Waals surface area contributed by atoms with E-state index in [9.17, 15) is 0 Å². The normalized spacial score (nSPS) is 14.2. The van der Waals surface area contributed by atoms with Crippen LogP contribution in [0.5, 0.6) is 10.9 Å². The molecule has 1 aliphatic carbocycles. The highest BCUT2D eigenvalue weighted by molar-refractivity contribution is 7.13. The van der Waals surface area contributed by atoms with E-state index in [0.29, 0.717) is 17.8 Å². The quantitative estimate of drug-likeness (QED) is 0.849. The molecule has 1 aliphatic rings. The van der Waals surface area contributed by atoms with Crippen molar-refractivity contribution in [3.8, 4) is 10.9 Å². The van der Waals surface area contributed by atoms with Gasteiger partial charge in [-0.2, -0.15) is 0 Å². The summed E-state index contributed by atoms with van der Waals surface area (Å²) in [6.07, 6.45) is 2.55. The molecular weight excluding hydrogens is 274 g/mol. The molecule has 5 nitrogen and oxygen atoms in total. The summed E-state index contributed by atoms with van der Waals surface area (Å²) in [5.41, 5.74) is 1.05. The molecule has 0 amide bonds. The molecule has 0 bridgehead atoms. The summed E-state index contributed by atoms with van der Waals surface area (Å²) in [6, 6.07) is 8.49. The Kier molecular flexibility index (Phi) is 4.13. The molecule has 0 aliphatic heterocycles. The average molecular weight is 291 g/mol. The minimum atomic E-state index is 0.474. The lowest BCUT2D eigenvalue weighted by Crippen LogP contribution is -2.14. The van der Waals surface area contributed by atoms with Gasteiger partial charge in [0.25, 0.3) is 5.19 Å². The van der Waals surface area contributed by atoms with Gasteiger partial charge < -0.3 is 14.8 Å². The Morgan fingerprint density at radius 2 is 2.25 bits per heavy atom. The first kappa shape index (κ1) is 13.3. The number of ether oxygens (including phenoxy) is 2. The first-order valence-corrected chi connectivity index (χ1v) is 7.46. The number of hydrogen-bond donors (Lipinski definition) is 1. The van der Waals surface area contributed by atoms with E-state index in [1.54, 1.807) is 7.11 Å². The zero-order chi connectivity index (χ0) is 13.8. The van der Waals surface area contributed by atoms with Gasteiger partial charge in [-0.05, 0) is 30.5 Å². The molecule has 1 heterocycles. The molecule has 1 aromatic heterocycles. The van der Waals surface area contributed by atoms with Crippen molar-refractivity contribution in [2.45, 2.75) is 32.0 Å². The van der Waals surface area contributed by atoms with Crippen LogP contribution in [-0.2, 0) is 13.2 Å². The second kappa shape index (κ2) is 6.19. The molecule has 20 heavy (non-hydrogen) atoms. The fourth-order valence-corrected chi connectivity index (χ4v) is 2.43. The van der Waals surface area contributed by atoms with E-state index < -0.39 is 0 Å². The molecule has 0 atom stereocenters. The van der Waals surface area contributed by atoms with E-state index in [2.05, 4.69) is 15.5 Å². The van der Waals surface area contributed by atoms with E-state index >= 15 is 0 Å². The predicted octanol–water partition coefficient (Wildman–Crippen LogP) is 2.38. The van der Waals surface area contributed by atoms with Crippen molar-refractivity contribution in [3.05, 3.63) is 34.8 Å². The predicted molar refractivity (Wildman–Crippen MR) is 77.1 cm³/mol. The number of nitrogens with one attached hydrogen (secondary N) is 1. The smallest absolute Gasteiger partial charge is 0.294 e. The van der Waals surface area contributed by atoms with Gasteiger partial charge in [-0.15, -0.1) is 5.10 Å². The van der Waals surface area contributed by atoms with Crippen LogP contribution in [0.4, 0.5) is 0 Å². The van der Waals surface area contributed by atoms with Gasteiger partial charge in [0.15, 0.2) is 0 Å². The molecule has 6 heteroatoms. The van der Waals surface area contributed by atoms with E-state index in [0.717, 1.165) is 22.9 Å². The van der Waals surface area contributed by atoms with Crippen molar-refractivity contribution in [1.82, 2.24) is 15.5 Å². The van der Waals surface area contributed by atoms with Crippen LogP contribution >= 0.6 is 11.3 Å². The summed E-state index contributed by atoms with van der Waals surface area (Å²) in [6.45, 7) is 1.26. The van der Waals surface area contributed by atoms with Gasteiger partial charge in [-0.25, -0.2) is 0 Å². The summed E-state index contributed by atoms with van der Waals surface area (Å²) in [7, 11) is 1.66. The van der Waals surface area contributed by atoms with E-state index in [-0.39, 0.29) is 0 Å². The minimum Gasteiger partial charge on any atom is -0.497 e. The monoisotopic (exact) mass is 291 g/mol. The van der Waals surface area contributed by atoms with Gasteiger partial charge in [0.2, 0.25) is 0 Å². The van der Waals surface area contributed by atoms with Gasteiger partial charge in [0, 0.05) is 6.04 Å². The zero-order valence-corrected chi connectivity index (χ0v) is 12.2. The SMILES string of the molecule is COc1cccc(COc2nnc(CNC3CC3)s2)c1. The molecule has 1 fully saturated rings. The number of methoxy groups -OCH3 is 1. The number of rotatable bonds is 7. The first-order chi connectivity index (χ1) is 9.83. The van der Waals surface area contributed by atoms with Crippen molar-refractivity contribution in [1.29, 1.82) is 0 Å². The number of nitrogens with zero attached hydrogens (tertiary/aromatic N) is 2. The molecule has 1 aromatic carbocycles. The van der Waals surface area contributed by atoms with Crippen LogP contribution in [-0.4, -0.2) is 23.3 Å². The maximum absolute atomic E-state index is 5.66. The van der Waals surface area contributed by atoms with E-state index in [1.807, 2.05) is 24.3 Å². The van der Waals surface area contributed by atoms with Gasteiger partial charge in [0.05, 0.1) is 13.7 Å². The third kappa shape index (κ3) is 3.68. The summed E-state index contributed by atoms with van der Waals surface area (Å²) in [4.78, 5) is 0. The summed E-state index contributed by atoms with van der Waals surface area (Å²) in [5.74, 6) is 0.831. The minimum absolute atomic E-state index is 0.474. The highest BCUT2D eigenvalue weighted by atomic mass is 32.1. The Morgan fingerprint density at radius 1 is 1.35 bits per heavy atom. The average Bonchev–Trinajstić information content (AvgIpc) is 3.21. The van der Waals surface area contributed by atoms with Crippen LogP contribution in [0.1, 0.15) is 23.4 Å². The third-order valence-corrected chi connectivity index (χ3v) is 3.90. The number of aromatic nitrogens is 2. The third-order valence-electron chi connectivity index (χ3n) is 3.06. The molecule has 0 spiro atoms. The second-order valence-corrected chi connectivity index (χ2v) is 5.78. The Hall–Kier alpha value is -1.66. The molecule has 0 unspecified atom stereocenters. The van der Waals surface area contributed by atoms with Crippen molar-refractivity contribution < 1.29 is 9.47 Å². The van der Waals surface area contributed by atoms with Crippen LogP contribution in [0.2, 0.25) is 0 Å². The highest BCUT2D eigenvalue weighted by Gasteiger charge is 2.20. The van der Waals surface area contributed by atoms with Crippen LogP contribution in [0.3, 0.4) is 0 Å². The lowest BCUT2D eigenvalue weighted by atomic mass is 10.2. The standard InChI is InChI=1S/C14H17N3O2S/c1-18-12-4-2-3-10(7-12)9-19-14-17-16-13(20-14)8-15-11-5-6-11/h2-4,7,11,15H,5-6,8-9H2,1H3. The summed E-state index contributed by atoms with van der Waals surface area (Å²) >= 11 is 1.49. The topological polar surface area (TPSA) is 56.3 Å². The number of hydrogen-bond acceptors (Lipinski definition) is 6. The molecule has 106 valence electrons. The molecule has 0 radical (unpaired) electrons. The fraction of sp³-hybridized carbons (Fsp3) is 0.429. The molecule has 1 N–H and O–H groups in total. The molecule has 0 saturated heterocycles. The van der Waals surface area contributed by atoms with Crippen molar-refractivity contribution >= 4 is 11.3 Å². The van der Waals surface area contributed by atoms with Crippen molar-refractivity contribution in [2.24, 2.45) is 0 Å². The Labute approximate surface area is 121 Å². The lowest BCUT2D eigenvalue weighted by Gasteiger charge is -2.04. The number of benzene rings is 1. The van der Waals surface area contributed by atoms with Gasteiger partial charge in [-0.3, -0.25) is 0 Å². The van der Waals surface area contributed by atoms with Crippen LogP contribution in [0.25, 0.3) is 0 Å². The van der Waals surface area contributed by atoms with Gasteiger partial charge >= 0.3 is 0 Å². The van der Waals surface area contributed by atoms with Crippen LogP contribution in [0.15, 0.2) is 24.3 Å². The Morgan fingerprint density at radius 3 is 3.05 bits per heavy atom. The van der Waals surface area contributed by atoms with Gasteiger partial charge in [-0.1, -0.05) is 28.6 Å².